The second kappa shape index (κ2) is 7.99. The Labute approximate surface area is 182 Å². The first kappa shape index (κ1) is 19.5. The number of H-pyrrole nitrogens is 1. The molecule has 0 spiro atoms. The van der Waals surface area contributed by atoms with Gasteiger partial charge in [0, 0.05) is 29.1 Å². The highest BCUT2D eigenvalue weighted by molar-refractivity contribution is 5.91. The van der Waals surface area contributed by atoms with E-state index < -0.39 is 0 Å². The van der Waals surface area contributed by atoms with E-state index in [9.17, 15) is 9.50 Å². The molecule has 8 heteroatoms. The van der Waals surface area contributed by atoms with Gasteiger partial charge in [0.15, 0.2) is 17.3 Å². The lowest BCUT2D eigenvalue weighted by atomic mass is 10.1. The van der Waals surface area contributed by atoms with Crippen molar-refractivity contribution in [2.45, 2.75) is 0 Å². The maximum atomic E-state index is 13.3. The number of imidazole rings is 1. The standard InChI is InChI=1S/C24H18FN5O2/c1-32-20-12-16(7-10-19(20)31)23-24(30-11-3-2-4-21(30)28-23)26-13-17-14-27-29-22(17)15-5-8-18(25)9-6-15/h2-14,31H,1H3,(H,27,29). The number of nitrogens with zero attached hydrogens (tertiary/aromatic N) is 4. The second-order valence-corrected chi connectivity index (χ2v) is 7.06. The summed E-state index contributed by atoms with van der Waals surface area (Å²) in [5.41, 5.74) is 4.39. The van der Waals surface area contributed by atoms with E-state index in [0.717, 1.165) is 28.0 Å². The maximum Gasteiger partial charge on any atom is 0.165 e. The lowest BCUT2D eigenvalue weighted by Gasteiger charge is -2.06. The summed E-state index contributed by atoms with van der Waals surface area (Å²) in [5.74, 6) is 0.707. The Morgan fingerprint density at radius 3 is 2.72 bits per heavy atom. The quantitative estimate of drug-likeness (QED) is 0.387. The van der Waals surface area contributed by atoms with Crippen LogP contribution in [0.25, 0.3) is 28.2 Å². The molecule has 0 atom stereocenters. The van der Waals surface area contributed by atoms with Crippen molar-refractivity contribution in [3.05, 3.63) is 84.4 Å². The van der Waals surface area contributed by atoms with Crippen molar-refractivity contribution in [3.63, 3.8) is 0 Å². The summed E-state index contributed by atoms with van der Waals surface area (Å²) in [6, 6.07) is 16.9. The summed E-state index contributed by atoms with van der Waals surface area (Å²) >= 11 is 0. The van der Waals surface area contributed by atoms with E-state index in [1.807, 2.05) is 28.8 Å². The Balaban J connectivity index is 1.61. The molecule has 7 nitrogen and oxygen atoms in total. The van der Waals surface area contributed by atoms with E-state index >= 15 is 0 Å². The van der Waals surface area contributed by atoms with Crippen LogP contribution in [0.4, 0.5) is 10.2 Å². The van der Waals surface area contributed by atoms with Crippen LogP contribution in [0.15, 0.2) is 78.0 Å². The summed E-state index contributed by atoms with van der Waals surface area (Å²) in [6.07, 6.45) is 5.24. The third-order valence-corrected chi connectivity index (χ3v) is 5.09. The molecule has 0 saturated heterocycles. The number of aromatic nitrogens is 4. The van der Waals surface area contributed by atoms with E-state index in [1.165, 1.54) is 19.2 Å². The minimum Gasteiger partial charge on any atom is -0.504 e. The second-order valence-electron chi connectivity index (χ2n) is 7.06. The molecule has 3 aromatic heterocycles. The molecule has 0 aliphatic rings. The van der Waals surface area contributed by atoms with E-state index in [1.54, 1.807) is 42.7 Å². The minimum absolute atomic E-state index is 0.0485. The third kappa shape index (κ3) is 3.47. The van der Waals surface area contributed by atoms with Crippen molar-refractivity contribution < 1.29 is 14.2 Å². The number of phenolic OH excluding ortho intramolecular Hbond substituents is 1. The van der Waals surface area contributed by atoms with Gasteiger partial charge in [0.2, 0.25) is 0 Å². The third-order valence-electron chi connectivity index (χ3n) is 5.09. The first-order chi connectivity index (χ1) is 15.6. The number of ether oxygens (including phenoxy) is 1. The highest BCUT2D eigenvalue weighted by Crippen LogP contribution is 2.36. The largest absolute Gasteiger partial charge is 0.504 e. The van der Waals surface area contributed by atoms with Crippen molar-refractivity contribution in [2.75, 3.05) is 7.11 Å². The zero-order valence-corrected chi connectivity index (χ0v) is 17.0. The molecule has 0 aliphatic heterocycles. The molecule has 2 N–H and O–H groups in total. The average molecular weight is 427 g/mol. The number of aromatic amines is 1. The smallest absolute Gasteiger partial charge is 0.165 e. The molecule has 0 bridgehead atoms. The first-order valence-corrected chi connectivity index (χ1v) is 9.82. The molecule has 3 heterocycles. The van der Waals surface area contributed by atoms with Crippen LogP contribution >= 0.6 is 0 Å². The van der Waals surface area contributed by atoms with E-state index in [4.69, 9.17) is 14.7 Å². The molecule has 0 saturated carbocycles. The number of fused-ring (bicyclic) bond motifs is 1. The molecular formula is C24H18FN5O2. The zero-order valence-electron chi connectivity index (χ0n) is 17.0. The number of phenols is 1. The van der Waals surface area contributed by atoms with Gasteiger partial charge >= 0.3 is 0 Å². The summed E-state index contributed by atoms with van der Waals surface area (Å²) in [6.45, 7) is 0. The summed E-state index contributed by atoms with van der Waals surface area (Å²) < 4.78 is 20.4. The fraction of sp³-hybridized carbons (Fsp3) is 0.0417. The average Bonchev–Trinajstić information content (AvgIpc) is 3.43. The van der Waals surface area contributed by atoms with Crippen molar-refractivity contribution in [1.29, 1.82) is 0 Å². The van der Waals surface area contributed by atoms with Gasteiger partial charge in [-0.1, -0.05) is 6.07 Å². The van der Waals surface area contributed by atoms with Gasteiger partial charge < -0.3 is 9.84 Å². The van der Waals surface area contributed by atoms with Gasteiger partial charge in [-0.2, -0.15) is 5.10 Å². The Morgan fingerprint density at radius 2 is 1.91 bits per heavy atom. The number of methoxy groups -OCH3 is 1. The highest BCUT2D eigenvalue weighted by Gasteiger charge is 2.15. The van der Waals surface area contributed by atoms with Crippen LogP contribution in [0.1, 0.15) is 5.56 Å². The van der Waals surface area contributed by atoms with E-state index in [2.05, 4.69) is 10.2 Å². The lowest BCUT2D eigenvalue weighted by Crippen LogP contribution is -1.88. The van der Waals surface area contributed by atoms with Crippen LogP contribution < -0.4 is 4.74 Å². The van der Waals surface area contributed by atoms with Gasteiger partial charge in [-0.3, -0.25) is 9.50 Å². The van der Waals surface area contributed by atoms with Crippen molar-refractivity contribution in [1.82, 2.24) is 19.6 Å². The normalized spacial score (nSPS) is 11.4. The molecule has 0 fully saturated rings. The predicted octanol–water partition coefficient (Wildman–Crippen LogP) is 5.00. The molecule has 0 unspecified atom stereocenters. The molecule has 0 aliphatic carbocycles. The Morgan fingerprint density at radius 1 is 1.09 bits per heavy atom. The number of nitrogens with one attached hydrogen (secondary N) is 1. The molecule has 0 amide bonds. The summed E-state index contributed by atoms with van der Waals surface area (Å²) in [5, 5.41) is 17.0. The number of aromatic hydroxyl groups is 1. The van der Waals surface area contributed by atoms with Crippen molar-refractivity contribution in [2.24, 2.45) is 4.99 Å². The van der Waals surface area contributed by atoms with Gasteiger partial charge in [0.05, 0.1) is 19.0 Å². The number of benzene rings is 2. The van der Waals surface area contributed by atoms with E-state index in [-0.39, 0.29) is 11.6 Å². The fourth-order valence-electron chi connectivity index (χ4n) is 3.50. The van der Waals surface area contributed by atoms with Crippen LogP contribution in [0.2, 0.25) is 0 Å². The summed E-state index contributed by atoms with van der Waals surface area (Å²) in [7, 11) is 1.50. The molecule has 5 rings (SSSR count). The number of pyridine rings is 1. The molecule has 158 valence electrons. The number of rotatable bonds is 5. The highest BCUT2D eigenvalue weighted by atomic mass is 19.1. The van der Waals surface area contributed by atoms with Crippen molar-refractivity contribution >= 4 is 17.7 Å². The molecule has 5 aromatic rings. The molecule has 0 radical (unpaired) electrons. The predicted molar refractivity (Wildman–Crippen MR) is 120 cm³/mol. The minimum atomic E-state index is -0.303. The maximum absolute atomic E-state index is 13.3. The Bertz CT molecular complexity index is 1440. The van der Waals surface area contributed by atoms with Crippen LogP contribution in [0.5, 0.6) is 11.5 Å². The monoisotopic (exact) mass is 427 g/mol. The zero-order chi connectivity index (χ0) is 22.1. The van der Waals surface area contributed by atoms with Crippen LogP contribution in [-0.2, 0) is 0 Å². The fourth-order valence-corrected chi connectivity index (χ4v) is 3.50. The SMILES string of the molecule is COc1cc(-c2nc3ccccn3c2N=Cc2cn[nH]c2-c2ccc(F)cc2)ccc1O. The molecule has 2 aromatic carbocycles. The molecule has 32 heavy (non-hydrogen) atoms. The van der Waals surface area contributed by atoms with Gasteiger partial charge in [-0.15, -0.1) is 0 Å². The lowest BCUT2D eigenvalue weighted by molar-refractivity contribution is 0.373. The number of hydrogen-bond acceptors (Lipinski definition) is 5. The van der Waals surface area contributed by atoms with Crippen LogP contribution in [-0.4, -0.2) is 38.0 Å². The van der Waals surface area contributed by atoms with Gasteiger partial charge in [-0.05, 0) is 54.6 Å². The number of hydrogen-bond donors (Lipinski definition) is 2. The Kier molecular flexibility index (Phi) is 4.87. The Hall–Kier alpha value is -4.46. The molecular weight excluding hydrogens is 409 g/mol. The van der Waals surface area contributed by atoms with Gasteiger partial charge in [0.1, 0.15) is 17.2 Å². The van der Waals surface area contributed by atoms with Crippen LogP contribution in [0.3, 0.4) is 0 Å². The number of halogens is 1. The van der Waals surface area contributed by atoms with E-state index in [0.29, 0.717) is 17.3 Å². The number of aliphatic imine (C=N–C) groups is 1. The van der Waals surface area contributed by atoms with Crippen LogP contribution in [0, 0.1) is 5.82 Å². The van der Waals surface area contributed by atoms with Gasteiger partial charge in [-0.25, -0.2) is 14.4 Å². The van der Waals surface area contributed by atoms with Gasteiger partial charge in [0.25, 0.3) is 0 Å². The first-order valence-electron chi connectivity index (χ1n) is 9.82. The summed E-state index contributed by atoms with van der Waals surface area (Å²) in [4.78, 5) is 9.46. The van der Waals surface area contributed by atoms with Crippen molar-refractivity contribution in [3.8, 4) is 34.0 Å². The topological polar surface area (TPSA) is 87.8 Å².